The van der Waals surface area contributed by atoms with Gasteiger partial charge in [-0.15, -0.1) is 0 Å². The maximum Gasteiger partial charge on any atom is 0.423 e. The van der Waals surface area contributed by atoms with Crippen molar-refractivity contribution in [2.75, 3.05) is 39.6 Å². The number of benzene rings is 2. The van der Waals surface area contributed by atoms with Crippen LogP contribution in [0.15, 0.2) is 36.5 Å². The predicted molar refractivity (Wildman–Crippen MR) is 156 cm³/mol. The van der Waals surface area contributed by atoms with Crippen molar-refractivity contribution >= 4 is 35.1 Å². The summed E-state index contributed by atoms with van der Waals surface area (Å²) in [6.45, 7) is 3.53. The lowest BCUT2D eigenvalue weighted by Gasteiger charge is -2.29. The summed E-state index contributed by atoms with van der Waals surface area (Å²) < 4.78 is 52.8. The number of alkyl halides is 3. The zero-order valence-electron chi connectivity index (χ0n) is 24.1. The molecule has 0 atom stereocenters. The molecule has 0 bridgehead atoms. The molecular weight excluding hydrogens is 589 g/mol. The Morgan fingerprint density at radius 1 is 1.14 bits per heavy atom. The molecule has 2 heterocycles. The molecule has 1 aromatic heterocycles. The number of aromatic nitrogens is 2. The third kappa shape index (κ3) is 7.46. The monoisotopic (exact) mass is 620 g/mol. The lowest BCUT2D eigenvalue weighted by molar-refractivity contribution is -0.139. The zero-order chi connectivity index (χ0) is 31.3. The van der Waals surface area contributed by atoms with Gasteiger partial charge in [0.15, 0.2) is 0 Å². The number of amides is 2. The molecule has 2 amide bonds. The van der Waals surface area contributed by atoms with Crippen LogP contribution in [0.1, 0.15) is 51.6 Å². The Labute approximate surface area is 251 Å². The summed E-state index contributed by atoms with van der Waals surface area (Å²) in [5.74, 6) is -1.90. The molecule has 230 valence electrons. The van der Waals surface area contributed by atoms with Gasteiger partial charge in [0, 0.05) is 19.3 Å². The van der Waals surface area contributed by atoms with Crippen LogP contribution in [0.25, 0.3) is 0 Å². The molecule has 4 rings (SSSR count). The zero-order valence-corrected chi connectivity index (χ0v) is 24.8. The maximum atomic E-state index is 13.9. The molecule has 2 aromatic carbocycles. The van der Waals surface area contributed by atoms with Gasteiger partial charge in [-0.1, -0.05) is 30.7 Å². The van der Waals surface area contributed by atoms with E-state index in [1.165, 1.54) is 32.4 Å². The molecule has 1 aliphatic heterocycles. The summed E-state index contributed by atoms with van der Waals surface area (Å²) in [7, 11) is 4.80. The molecule has 0 unspecified atom stereocenters. The molecule has 10 nitrogen and oxygen atoms in total. The van der Waals surface area contributed by atoms with E-state index in [4.69, 9.17) is 21.1 Å². The van der Waals surface area contributed by atoms with Gasteiger partial charge in [0.25, 0.3) is 11.8 Å². The van der Waals surface area contributed by atoms with Crippen LogP contribution in [0.4, 0.5) is 24.8 Å². The van der Waals surface area contributed by atoms with Crippen molar-refractivity contribution in [3.05, 3.63) is 63.8 Å². The van der Waals surface area contributed by atoms with Crippen molar-refractivity contribution in [3.63, 3.8) is 0 Å². The molecule has 1 aliphatic rings. The van der Waals surface area contributed by atoms with Crippen LogP contribution in [0.5, 0.6) is 17.4 Å². The fourth-order valence-electron chi connectivity index (χ4n) is 4.67. The molecule has 3 N–H and O–H groups in total. The van der Waals surface area contributed by atoms with Crippen LogP contribution in [0, 0.1) is 0 Å². The maximum absolute atomic E-state index is 13.9. The highest BCUT2D eigenvalue weighted by atomic mass is 35.5. The van der Waals surface area contributed by atoms with E-state index in [9.17, 15) is 22.8 Å². The summed E-state index contributed by atoms with van der Waals surface area (Å²) in [4.78, 5) is 35.5. The topological polar surface area (TPSA) is 118 Å². The van der Waals surface area contributed by atoms with Crippen LogP contribution in [0.2, 0.25) is 5.02 Å². The molecule has 0 aliphatic carbocycles. The number of carbonyl (C=O) groups is 2. The summed E-state index contributed by atoms with van der Waals surface area (Å²) in [5.41, 5.74) is -0.187. The Hall–Kier alpha value is -4.10. The van der Waals surface area contributed by atoms with Gasteiger partial charge in [0.2, 0.25) is 11.8 Å². The smallest absolute Gasteiger partial charge is 0.423 e. The quantitative estimate of drug-likeness (QED) is 0.290. The molecule has 0 saturated carbocycles. The first kappa shape index (κ1) is 31.8. The number of halogens is 4. The minimum Gasteiger partial charge on any atom is -0.495 e. The number of carbonyl (C=O) groups excluding carboxylic acids is 2. The molecule has 1 saturated heterocycles. The number of anilines is 2. The number of nitrogens with zero attached hydrogens (tertiary/aromatic N) is 3. The van der Waals surface area contributed by atoms with E-state index in [-0.39, 0.29) is 51.2 Å². The Kier molecular flexibility index (Phi) is 9.97. The van der Waals surface area contributed by atoms with Crippen molar-refractivity contribution in [2.45, 2.75) is 38.4 Å². The van der Waals surface area contributed by atoms with E-state index in [1.807, 2.05) is 14.0 Å². The van der Waals surface area contributed by atoms with Crippen LogP contribution in [-0.4, -0.2) is 67.0 Å². The first-order valence-corrected chi connectivity index (χ1v) is 13.9. The van der Waals surface area contributed by atoms with Crippen molar-refractivity contribution in [2.24, 2.45) is 0 Å². The van der Waals surface area contributed by atoms with Crippen LogP contribution in [-0.2, 0) is 12.6 Å². The number of piperidine rings is 1. The second-order valence-corrected chi connectivity index (χ2v) is 10.4. The first-order chi connectivity index (χ1) is 20.4. The van der Waals surface area contributed by atoms with Gasteiger partial charge < -0.3 is 30.3 Å². The number of ether oxygens (including phenoxy) is 2. The van der Waals surface area contributed by atoms with E-state index in [1.54, 1.807) is 12.1 Å². The number of hydrogen-bond donors (Lipinski definition) is 3. The number of hydrogen-bond acceptors (Lipinski definition) is 8. The molecule has 1 fully saturated rings. The molecule has 0 radical (unpaired) electrons. The van der Waals surface area contributed by atoms with E-state index < -0.39 is 23.5 Å². The molecule has 14 heteroatoms. The summed E-state index contributed by atoms with van der Waals surface area (Å²) >= 11 is 6.46. The lowest BCUT2D eigenvalue weighted by Crippen LogP contribution is -2.43. The fraction of sp³-hybridized carbons (Fsp3) is 0.379. The van der Waals surface area contributed by atoms with Gasteiger partial charge in [-0.3, -0.25) is 9.59 Å². The number of likely N-dealkylation sites (tertiary alicyclic amines) is 1. The second-order valence-electron chi connectivity index (χ2n) is 9.94. The number of rotatable bonds is 9. The molecule has 3 aromatic rings. The summed E-state index contributed by atoms with van der Waals surface area (Å²) in [5, 5.41) is 8.36. The summed E-state index contributed by atoms with van der Waals surface area (Å²) in [6, 6.07) is 7.48. The average molecular weight is 621 g/mol. The molecular formula is C29H32ClF3N6O4. The van der Waals surface area contributed by atoms with Crippen molar-refractivity contribution < 1.29 is 32.2 Å². The number of methoxy groups -OCH3 is 1. The van der Waals surface area contributed by atoms with Gasteiger partial charge in [-0.25, -0.2) is 4.98 Å². The molecule has 0 spiro atoms. The minimum atomic E-state index is -4.85. The van der Waals surface area contributed by atoms with E-state index in [2.05, 4.69) is 30.8 Å². The minimum absolute atomic E-state index is 0.00414. The van der Waals surface area contributed by atoms with Crippen LogP contribution in [0.3, 0.4) is 0 Å². The highest BCUT2D eigenvalue weighted by Crippen LogP contribution is 2.39. The first-order valence-electron chi connectivity index (χ1n) is 13.5. The molecule has 43 heavy (non-hydrogen) atoms. The average Bonchev–Trinajstić information content (AvgIpc) is 2.97. The third-order valence-electron chi connectivity index (χ3n) is 7.05. The predicted octanol–water partition coefficient (Wildman–Crippen LogP) is 5.44. The Morgan fingerprint density at radius 3 is 2.49 bits per heavy atom. The lowest BCUT2D eigenvalue weighted by atomic mass is 10.0. The third-order valence-corrected chi connectivity index (χ3v) is 7.36. The highest BCUT2D eigenvalue weighted by molar-refractivity contribution is 6.34. The number of nitrogens with one attached hydrogen (secondary N) is 3. The van der Waals surface area contributed by atoms with E-state index >= 15 is 0 Å². The Morgan fingerprint density at radius 2 is 1.86 bits per heavy atom. The standard InChI is InChI=1S/C29H32ClF3N6O4/c1-5-16-7-6-8-22(24(16)26(41)34-2)43-27-19(29(31,32)33)15-35-28(38-27)37-21-14-20(30)18(13-23(21)42-4)25(40)36-17-9-11-39(3)12-10-17/h6-8,13-15,17H,5,9-12H2,1-4H3,(H,34,41)(H,36,40)(H,35,37,38). The van der Waals surface area contributed by atoms with Gasteiger partial charge in [0.1, 0.15) is 17.1 Å². The van der Waals surface area contributed by atoms with Gasteiger partial charge in [-0.05, 0) is 63.2 Å². The number of aryl methyl sites for hydroxylation is 1. The van der Waals surface area contributed by atoms with E-state index in [0.717, 1.165) is 25.9 Å². The fourth-order valence-corrected chi connectivity index (χ4v) is 4.92. The van der Waals surface area contributed by atoms with Gasteiger partial charge >= 0.3 is 6.18 Å². The van der Waals surface area contributed by atoms with Crippen LogP contribution >= 0.6 is 11.6 Å². The largest absolute Gasteiger partial charge is 0.495 e. The summed E-state index contributed by atoms with van der Waals surface area (Å²) in [6.07, 6.45) is -2.23. The van der Waals surface area contributed by atoms with Crippen molar-refractivity contribution in [1.29, 1.82) is 0 Å². The van der Waals surface area contributed by atoms with Crippen molar-refractivity contribution in [3.8, 4) is 17.4 Å². The van der Waals surface area contributed by atoms with Gasteiger partial charge in [0.05, 0.1) is 28.9 Å². The van der Waals surface area contributed by atoms with Gasteiger partial charge in [-0.2, -0.15) is 18.2 Å². The SMILES string of the molecule is CCc1cccc(Oc2nc(Nc3cc(Cl)c(C(=O)NC4CCN(C)CC4)cc3OC)ncc2C(F)(F)F)c1C(=O)NC. The normalized spacial score (nSPS) is 14.2. The Bertz CT molecular complexity index is 1500. The van der Waals surface area contributed by atoms with Crippen LogP contribution < -0.4 is 25.4 Å². The highest BCUT2D eigenvalue weighted by Gasteiger charge is 2.37. The second kappa shape index (κ2) is 13.5. The van der Waals surface area contributed by atoms with E-state index in [0.29, 0.717) is 18.2 Å². The Balaban J connectivity index is 1.65. The van der Waals surface area contributed by atoms with Crippen molar-refractivity contribution in [1.82, 2.24) is 25.5 Å².